The minimum atomic E-state index is -0.743. The van der Waals surface area contributed by atoms with E-state index >= 15 is 0 Å². The van der Waals surface area contributed by atoms with Crippen molar-refractivity contribution in [1.82, 2.24) is 5.32 Å². The number of hydrogen-bond donors (Lipinski definition) is 2. The smallest absolute Gasteiger partial charge is 0.328 e. The van der Waals surface area contributed by atoms with Crippen LogP contribution in [0.25, 0.3) is 0 Å². The van der Waals surface area contributed by atoms with Crippen molar-refractivity contribution in [1.29, 1.82) is 0 Å². The SMILES string of the molecule is CC[C@H](C)[C@@H](NC(=O)COc1ccccc1C(N)=O)C(=O)OC. The second kappa shape index (κ2) is 8.77. The summed E-state index contributed by atoms with van der Waals surface area (Å²) >= 11 is 0. The van der Waals surface area contributed by atoms with E-state index in [4.69, 9.17) is 15.2 Å². The molecule has 3 N–H and O–H groups in total. The highest BCUT2D eigenvalue weighted by Crippen LogP contribution is 2.17. The molecule has 1 rings (SSSR count). The third-order valence-electron chi connectivity index (χ3n) is 3.50. The van der Waals surface area contributed by atoms with Crippen molar-refractivity contribution in [2.45, 2.75) is 26.3 Å². The Morgan fingerprint density at radius 1 is 1.26 bits per heavy atom. The van der Waals surface area contributed by atoms with Gasteiger partial charge in [-0.05, 0) is 18.1 Å². The van der Waals surface area contributed by atoms with Crippen LogP contribution >= 0.6 is 0 Å². The second-order valence-corrected chi connectivity index (χ2v) is 5.10. The molecule has 0 heterocycles. The summed E-state index contributed by atoms with van der Waals surface area (Å²) in [5.41, 5.74) is 5.42. The standard InChI is InChI=1S/C16H22N2O5/c1-4-10(2)14(16(21)22-3)18-13(19)9-23-12-8-6-5-7-11(12)15(17)20/h5-8,10,14H,4,9H2,1-3H3,(H2,17,20)(H,18,19)/t10-,14+/m0/s1. The van der Waals surface area contributed by atoms with Gasteiger partial charge in [-0.25, -0.2) is 4.79 Å². The number of carbonyl (C=O) groups excluding carboxylic acids is 3. The molecule has 0 spiro atoms. The van der Waals surface area contributed by atoms with Crippen LogP contribution in [0.5, 0.6) is 5.75 Å². The number of ether oxygens (including phenoxy) is 2. The third kappa shape index (κ3) is 5.28. The molecule has 0 saturated carbocycles. The van der Waals surface area contributed by atoms with Gasteiger partial charge in [-0.2, -0.15) is 0 Å². The molecule has 0 bridgehead atoms. The minimum absolute atomic E-state index is 0.0793. The fourth-order valence-corrected chi connectivity index (χ4v) is 1.95. The molecule has 0 unspecified atom stereocenters. The van der Waals surface area contributed by atoms with E-state index in [2.05, 4.69) is 5.32 Å². The number of esters is 1. The van der Waals surface area contributed by atoms with Crippen molar-refractivity contribution >= 4 is 17.8 Å². The predicted molar refractivity (Wildman–Crippen MR) is 83.9 cm³/mol. The first kappa shape index (κ1) is 18.5. The van der Waals surface area contributed by atoms with E-state index in [0.717, 1.165) is 0 Å². The Bertz CT molecular complexity index is 573. The van der Waals surface area contributed by atoms with Gasteiger partial charge in [0.25, 0.3) is 11.8 Å². The average Bonchev–Trinajstić information content (AvgIpc) is 2.56. The van der Waals surface area contributed by atoms with E-state index in [0.29, 0.717) is 6.42 Å². The van der Waals surface area contributed by atoms with Gasteiger partial charge in [-0.3, -0.25) is 9.59 Å². The summed E-state index contributed by atoms with van der Waals surface area (Å²) in [5, 5.41) is 2.58. The number of nitrogens with one attached hydrogen (secondary N) is 1. The van der Waals surface area contributed by atoms with Crippen molar-refractivity contribution in [2.24, 2.45) is 11.7 Å². The van der Waals surface area contributed by atoms with Gasteiger partial charge in [0.05, 0.1) is 12.7 Å². The zero-order valence-corrected chi connectivity index (χ0v) is 13.5. The normalized spacial score (nSPS) is 12.8. The summed E-state index contributed by atoms with van der Waals surface area (Å²) < 4.78 is 10.0. The molecule has 23 heavy (non-hydrogen) atoms. The third-order valence-corrected chi connectivity index (χ3v) is 3.50. The minimum Gasteiger partial charge on any atom is -0.483 e. The van der Waals surface area contributed by atoms with Gasteiger partial charge in [0.15, 0.2) is 6.61 Å². The van der Waals surface area contributed by atoms with Crippen LogP contribution in [0.2, 0.25) is 0 Å². The van der Waals surface area contributed by atoms with Crippen LogP contribution in [0.1, 0.15) is 30.6 Å². The molecular weight excluding hydrogens is 300 g/mol. The van der Waals surface area contributed by atoms with E-state index in [9.17, 15) is 14.4 Å². The van der Waals surface area contributed by atoms with E-state index in [1.165, 1.54) is 13.2 Å². The average molecular weight is 322 g/mol. The highest BCUT2D eigenvalue weighted by atomic mass is 16.5. The molecule has 0 fully saturated rings. The first-order chi connectivity index (χ1) is 10.9. The summed E-state index contributed by atoms with van der Waals surface area (Å²) in [6.45, 7) is 3.41. The van der Waals surface area contributed by atoms with Crippen LogP contribution in [-0.2, 0) is 14.3 Å². The number of hydrogen-bond acceptors (Lipinski definition) is 5. The molecule has 7 nitrogen and oxygen atoms in total. The molecule has 0 aliphatic heterocycles. The van der Waals surface area contributed by atoms with Gasteiger partial charge in [0.2, 0.25) is 0 Å². The summed E-state index contributed by atoms with van der Waals surface area (Å²) in [7, 11) is 1.27. The topological polar surface area (TPSA) is 108 Å². The molecule has 0 radical (unpaired) electrons. The maximum absolute atomic E-state index is 12.0. The molecule has 0 saturated heterocycles. The number of amides is 2. The lowest BCUT2D eigenvalue weighted by Crippen LogP contribution is -2.47. The van der Waals surface area contributed by atoms with Gasteiger partial charge in [-0.1, -0.05) is 32.4 Å². The number of nitrogens with two attached hydrogens (primary N) is 1. The zero-order valence-electron chi connectivity index (χ0n) is 13.5. The first-order valence-electron chi connectivity index (χ1n) is 7.29. The Kier molecular flexibility index (Phi) is 7.05. The molecule has 0 aliphatic rings. The maximum atomic E-state index is 12.0. The van der Waals surface area contributed by atoms with Crippen molar-refractivity contribution in [3.63, 3.8) is 0 Å². The number of rotatable bonds is 8. The summed E-state index contributed by atoms with van der Waals surface area (Å²) in [6.07, 6.45) is 0.700. The number of primary amides is 1. The molecule has 1 aromatic carbocycles. The Hall–Kier alpha value is -2.57. The summed E-state index contributed by atoms with van der Waals surface area (Å²) in [5.74, 6) is -1.50. The fraction of sp³-hybridized carbons (Fsp3) is 0.438. The van der Waals surface area contributed by atoms with E-state index in [1.54, 1.807) is 18.2 Å². The van der Waals surface area contributed by atoms with Gasteiger partial charge in [0, 0.05) is 0 Å². The van der Waals surface area contributed by atoms with Crippen molar-refractivity contribution in [3.05, 3.63) is 29.8 Å². The predicted octanol–water partition coefficient (Wildman–Crippen LogP) is 0.868. The molecule has 2 amide bonds. The monoisotopic (exact) mass is 322 g/mol. The lowest BCUT2D eigenvalue weighted by molar-refractivity contribution is -0.146. The highest BCUT2D eigenvalue weighted by Gasteiger charge is 2.26. The van der Waals surface area contributed by atoms with Crippen LogP contribution in [0.3, 0.4) is 0 Å². The Morgan fingerprint density at radius 3 is 2.48 bits per heavy atom. The van der Waals surface area contributed by atoms with E-state index in [-0.39, 0.29) is 23.8 Å². The van der Waals surface area contributed by atoms with Gasteiger partial charge in [0.1, 0.15) is 11.8 Å². The number of benzene rings is 1. The van der Waals surface area contributed by atoms with Crippen LogP contribution in [0, 0.1) is 5.92 Å². The molecule has 7 heteroatoms. The van der Waals surface area contributed by atoms with Gasteiger partial charge < -0.3 is 20.5 Å². The lowest BCUT2D eigenvalue weighted by Gasteiger charge is -2.21. The quantitative estimate of drug-likeness (QED) is 0.690. The molecule has 0 aromatic heterocycles. The van der Waals surface area contributed by atoms with Crippen LogP contribution in [0.15, 0.2) is 24.3 Å². The molecule has 0 aliphatic carbocycles. The second-order valence-electron chi connectivity index (χ2n) is 5.10. The van der Waals surface area contributed by atoms with E-state index in [1.807, 2.05) is 13.8 Å². The molecule has 126 valence electrons. The highest BCUT2D eigenvalue weighted by molar-refractivity contribution is 5.95. The number of para-hydroxylation sites is 1. The zero-order chi connectivity index (χ0) is 17.4. The van der Waals surface area contributed by atoms with Gasteiger partial charge >= 0.3 is 5.97 Å². The largest absolute Gasteiger partial charge is 0.483 e. The van der Waals surface area contributed by atoms with Crippen LogP contribution < -0.4 is 15.8 Å². The van der Waals surface area contributed by atoms with E-state index < -0.39 is 23.8 Å². The van der Waals surface area contributed by atoms with Crippen molar-refractivity contribution in [3.8, 4) is 5.75 Å². The number of methoxy groups -OCH3 is 1. The molecule has 1 aromatic rings. The van der Waals surface area contributed by atoms with Crippen LogP contribution in [-0.4, -0.2) is 37.5 Å². The summed E-state index contributed by atoms with van der Waals surface area (Å²) in [4.78, 5) is 35.0. The maximum Gasteiger partial charge on any atom is 0.328 e. The lowest BCUT2D eigenvalue weighted by atomic mass is 9.99. The van der Waals surface area contributed by atoms with Crippen molar-refractivity contribution in [2.75, 3.05) is 13.7 Å². The van der Waals surface area contributed by atoms with Gasteiger partial charge in [-0.15, -0.1) is 0 Å². The number of carbonyl (C=O) groups is 3. The van der Waals surface area contributed by atoms with Crippen LogP contribution in [0.4, 0.5) is 0 Å². The molecule has 2 atom stereocenters. The first-order valence-corrected chi connectivity index (χ1v) is 7.29. The Morgan fingerprint density at radius 2 is 1.91 bits per heavy atom. The Labute approximate surface area is 135 Å². The Balaban J connectivity index is 2.69. The summed E-state index contributed by atoms with van der Waals surface area (Å²) in [6, 6.07) is 5.61. The fourth-order valence-electron chi connectivity index (χ4n) is 1.95. The van der Waals surface area contributed by atoms with Crippen molar-refractivity contribution < 1.29 is 23.9 Å². The molecular formula is C16H22N2O5.